The van der Waals surface area contributed by atoms with Crippen LogP contribution in [0.25, 0.3) is 0 Å². The molecule has 6 nitrogen and oxygen atoms in total. The summed E-state index contributed by atoms with van der Waals surface area (Å²) in [4.78, 5) is 37.0. The monoisotopic (exact) mass is 349 g/mol. The second-order valence-electron chi connectivity index (χ2n) is 6.30. The third kappa shape index (κ3) is 3.34. The van der Waals surface area contributed by atoms with Crippen LogP contribution in [-0.2, 0) is 9.59 Å². The van der Waals surface area contributed by atoms with Crippen molar-refractivity contribution in [2.24, 2.45) is 0 Å². The summed E-state index contributed by atoms with van der Waals surface area (Å²) in [6, 6.07) is -1.65. The summed E-state index contributed by atoms with van der Waals surface area (Å²) in [5.41, 5.74) is -3.35. The third-order valence-electron chi connectivity index (χ3n) is 4.50. The zero-order chi connectivity index (χ0) is 18.0. The fourth-order valence-corrected chi connectivity index (χ4v) is 3.17. The molecule has 1 aliphatic carbocycles. The molecule has 136 valence electrons. The molecule has 0 bridgehead atoms. The second kappa shape index (κ2) is 6.98. The molecule has 1 atom stereocenters. The van der Waals surface area contributed by atoms with E-state index in [0.29, 0.717) is 30.6 Å². The van der Waals surface area contributed by atoms with Gasteiger partial charge in [-0.1, -0.05) is 32.6 Å². The zero-order valence-corrected chi connectivity index (χ0v) is 13.5. The molecule has 0 aromatic rings. The van der Waals surface area contributed by atoms with Gasteiger partial charge in [0.15, 0.2) is 0 Å². The van der Waals surface area contributed by atoms with Crippen molar-refractivity contribution in [3.63, 3.8) is 0 Å². The highest BCUT2D eigenvalue weighted by Crippen LogP contribution is 2.36. The summed E-state index contributed by atoms with van der Waals surface area (Å²) in [6.07, 6.45) is -0.833. The van der Waals surface area contributed by atoms with Crippen LogP contribution in [0.5, 0.6) is 0 Å². The smallest absolute Gasteiger partial charge is 0.318 e. The lowest BCUT2D eigenvalue weighted by Gasteiger charge is -2.32. The Morgan fingerprint density at radius 2 is 1.92 bits per heavy atom. The van der Waals surface area contributed by atoms with E-state index in [1.165, 1.54) is 0 Å². The number of hydrogen-bond acceptors (Lipinski definition) is 3. The van der Waals surface area contributed by atoms with Crippen molar-refractivity contribution in [1.29, 1.82) is 0 Å². The summed E-state index contributed by atoms with van der Waals surface area (Å²) in [6.45, 7) is 1.79. The number of imide groups is 1. The van der Waals surface area contributed by atoms with E-state index in [4.69, 9.17) is 0 Å². The molecule has 24 heavy (non-hydrogen) atoms. The highest BCUT2D eigenvalue weighted by molar-refractivity contribution is 6.09. The van der Waals surface area contributed by atoms with E-state index in [1.54, 1.807) is 17.6 Å². The maximum absolute atomic E-state index is 13.6. The number of hydrogen-bond donors (Lipinski definition) is 2. The standard InChI is InChI=1S/C15H22F3N3O3/c1-2-3-9-11(22)19-14(15(16,17)18)12(23)21(13(24)20-14)10-7-5-4-6-8-10/h10H,2-9H2,1H3,(H,19,22)(H,20,24)/t14-/m0/s1. The summed E-state index contributed by atoms with van der Waals surface area (Å²) < 4.78 is 40.8. The van der Waals surface area contributed by atoms with Gasteiger partial charge in [0.05, 0.1) is 0 Å². The van der Waals surface area contributed by atoms with Crippen molar-refractivity contribution in [2.45, 2.75) is 76.2 Å². The van der Waals surface area contributed by atoms with E-state index in [2.05, 4.69) is 0 Å². The number of alkyl halides is 3. The zero-order valence-electron chi connectivity index (χ0n) is 13.5. The van der Waals surface area contributed by atoms with E-state index >= 15 is 0 Å². The van der Waals surface area contributed by atoms with Gasteiger partial charge in [0, 0.05) is 12.5 Å². The molecule has 1 saturated heterocycles. The van der Waals surface area contributed by atoms with Gasteiger partial charge >= 0.3 is 12.2 Å². The number of nitrogens with one attached hydrogen (secondary N) is 2. The molecule has 0 aromatic heterocycles. The van der Waals surface area contributed by atoms with Gasteiger partial charge in [-0.05, 0) is 19.3 Å². The van der Waals surface area contributed by atoms with Crippen LogP contribution in [0.1, 0.15) is 58.3 Å². The average Bonchev–Trinajstić information content (AvgIpc) is 2.77. The van der Waals surface area contributed by atoms with Crippen LogP contribution in [-0.4, -0.2) is 40.6 Å². The van der Waals surface area contributed by atoms with Crippen molar-refractivity contribution in [2.75, 3.05) is 0 Å². The normalized spacial score (nSPS) is 25.8. The van der Waals surface area contributed by atoms with Gasteiger partial charge in [-0.2, -0.15) is 13.2 Å². The van der Waals surface area contributed by atoms with E-state index in [-0.39, 0.29) is 6.42 Å². The number of rotatable bonds is 5. The Kier molecular flexibility index (Phi) is 5.39. The van der Waals surface area contributed by atoms with E-state index in [1.807, 2.05) is 0 Å². The number of carbonyl (C=O) groups is 3. The molecule has 0 unspecified atom stereocenters. The first kappa shape index (κ1) is 18.5. The number of urea groups is 1. The van der Waals surface area contributed by atoms with Gasteiger partial charge < -0.3 is 5.32 Å². The van der Waals surface area contributed by atoms with Crippen LogP contribution in [0, 0.1) is 0 Å². The summed E-state index contributed by atoms with van der Waals surface area (Å²) >= 11 is 0. The lowest BCUT2D eigenvalue weighted by atomic mass is 9.94. The van der Waals surface area contributed by atoms with Crippen molar-refractivity contribution in [3.8, 4) is 0 Å². The molecule has 0 aromatic carbocycles. The van der Waals surface area contributed by atoms with Crippen molar-refractivity contribution >= 4 is 17.8 Å². The molecule has 2 N–H and O–H groups in total. The molecule has 2 fully saturated rings. The van der Waals surface area contributed by atoms with E-state index in [9.17, 15) is 27.6 Å². The van der Waals surface area contributed by atoms with Crippen molar-refractivity contribution < 1.29 is 27.6 Å². The van der Waals surface area contributed by atoms with Crippen LogP contribution in [0.3, 0.4) is 0 Å². The van der Waals surface area contributed by atoms with Gasteiger partial charge in [0.2, 0.25) is 5.91 Å². The summed E-state index contributed by atoms with van der Waals surface area (Å²) in [5, 5.41) is 3.42. The molecule has 0 radical (unpaired) electrons. The molecule has 1 heterocycles. The molecular weight excluding hydrogens is 327 g/mol. The van der Waals surface area contributed by atoms with E-state index in [0.717, 1.165) is 19.3 Å². The molecule has 2 rings (SSSR count). The topological polar surface area (TPSA) is 78.5 Å². The Balaban J connectivity index is 2.26. The van der Waals surface area contributed by atoms with Crippen molar-refractivity contribution in [3.05, 3.63) is 0 Å². The van der Waals surface area contributed by atoms with E-state index < -0.39 is 35.7 Å². The van der Waals surface area contributed by atoms with Crippen molar-refractivity contribution in [1.82, 2.24) is 15.5 Å². The quantitative estimate of drug-likeness (QED) is 0.748. The minimum Gasteiger partial charge on any atom is -0.318 e. The molecule has 1 saturated carbocycles. The Labute approximate surface area is 138 Å². The Morgan fingerprint density at radius 1 is 1.29 bits per heavy atom. The first-order valence-corrected chi connectivity index (χ1v) is 8.26. The Hall–Kier alpha value is -1.80. The SMILES string of the molecule is CCCCC(=O)N[C@]1(C(F)(F)F)NC(=O)N(C2CCCCC2)C1=O. The molecular formula is C15H22F3N3O3. The first-order valence-electron chi connectivity index (χ1n) is 8.26. The largest absolute Gasteiger partial charge is 0.440 e. The molecule has 2 aliphatic rings. The summed E-state index contributed by atoms with van der Waals surface area (Å²) in [5.74, 6) is -2.34. The molecule has 4 amide bonds. The van der Waals surface area contributed by atoms with Crippen LogP contribution in [0.2, 0.25) is 0 Å². The number of amides is 4. The lowest BCUT2D eigenvalue weighted by Crippen LogP contribution is -2.69. The number of unbranched alkanes of at least 4 members (excludes halogenated alkanes) is 1. The fourth-order valence-electron chi connectivity index (χ4n) is 3.17. The second-order valence-corrected chi connectivity index (χ2v) is 6.30. The Bertz CT molecular complexity index is 518. The summed E-state index contributed by atoms with van der Waals surface area (Å²) in [7, 11) is 0. The molecule has 9 heteroatoms. The predicted octanol–water partition coefficient (Wildman–Crippen LogP) is 2.44. The average molecular weight is 349 g/mol. The molecule has 1 aliphatic heterocycles. The fraction of sp³-hybridized carbons (Fsp3) is 0.800. The van der Waals surface area contributed by atoms with Gasteiger partial charge in [-0.3, -0.25) is 19.8 Å². The van der Waals surface area contributed by atoms with Gasteiger partial charge in [0.25, 0.3) is 11.6 Å². The highest BCUT2D eigenvalue weighted by Gasteiger charge is 2.69. The van der Waals surface area contributed by atoms with Gasteiger partial charge in [0.1, 0.15) is 0 Å². The minimum atomic E-state index is -5.12. The van der Waals surface area contributed by atoms with Crippen LogP contribution in [0.15, 0.2) is 0 Å². The van der Waals surface area contributed by atoms with Gasteiger partial charge in [-0.25, -0.2) is 4.79 Å². The third-order valence-corrected chi connectivity index (χ3v) is 4.50. The maximum atomic E-state index is 13.6. The number of nitrogens with zero attached hydrogens (tertiary/aromatic N) is 1. The first-order chi connectivity index (χ1) is 11.2. The predicted molar refractivity (Wildman–Crippen MR) is 78.7 cm³/mol. The Morgan fingerprint density at radius 3 is 2.46 bits per heavy atom. The highest BCUT2D eigenvalue weighted by atomic mass is 19.4. The molecule has 0 spiro atoms. The van der Waals surface area contributed by atoms with Crippen LogP contribution in [0.4, 0.5) is 18.0 Å². The van der Waals surface area contributed by atoms with Crippen LogP contribution < -0.4 is 10.6 Å². The van der Waals surface area contributed by atoms with Gasteiger partial charge in [-0.15, -0.1) is 0 Å². The van der Waals surface area contributed by atoms with Crippen LogP contribution >= 0.6 is 0 Å². The maximum Gasteiger partial charge on any atom is 0.440 e. The number of carbonyl (C=O) groups excluding carboxylic acids is 3. The number of halogens is 3. The lowest BCUT2D eigenvalue weighted by molar-refractivity contribution is -0.204. The minimum absolute atomic E-state index is 0.138.